The number of methoxy groups -OCH3 is 1. The van der Waals surface area contributed by atoms with Gasteiger partial charge in [-0.3, -0.25) is 0 Å². The van der Waals surface area contributed by atoms with Gasteiger partial charge in [-0.05, 0) is 0 Å². The summed E-state index contributed by atoms with van der Waals surface area (Å²) in [5.74, 6) is -0.370. The number of hydrogen-bond donors (Lipinski definition) is 1. The van der Waals surface area contributed by atoms with Crippen LogP contribution in [0.15, 0.2) is 60.7 Å². The normalized spacial score (nSPS) is 13.5. The zero-order valence-corrected chi connectivity index (χ0v) is 12.8. The second-order valence-electron chi connectivity index (χ2n) is 4.23. The molecule has 0 aromatic heterocycles. The fourth-order valence-electron chi connectivity index (χ4n) is 1.83. The minimum atomic E-state index is -0.844. The second-order valence-corrected chi connectivity index (χ2v) is 6.78. The van der Waals surface area contributed by atoms with E-state index in [4.69, 9.17) is 4.74 Å². The predicted octanol–water partition coefficient (Wildman–Crippen LogP) is 1.71. The second kappa shape index (κ2) is 7.25. The van der Waals surface area contributed by atoms with Crippen molar-refractivity contribution in [3.05, 3.63) is 66.2 Å². The molecular weight excluding hydrogens is 319 g/mol. The zero-order chi connectivity index (χ0) is 14.4. The molecule has 104 valence electrons. The van der Waals surface area contributed by atoms with Crippen LogP contribution in [0.25, 0.3) is 0 Å². The molecule has 0 saturated heterocycles. The van der Waals surface area contributed by atoms with Crippen molar-refractivity contribution in [3.63, 3.8) is 0 Å². The summed E-state index contributed by atoms with van der Waals surface area (Å²) < 4.78 is 5.90. The van der Waals surface area contributed by atoms with Gasteiger partial charge in [-0.1, -0.05) is 0 Å². The number of esters is 1. The van der Waals surface area contributed by atoms with Crippen molar-refractivity contribution in [2.75, 3.05) is 7.11 Å². The number of hydrogen-bond acceptors (Lipinski definition) is 3. The fraction of sp³-hybridized carbons (Fsp3) is 0.188. The summed E-state index contributed by atoms with van der Waals surface area (Å²) >= 11 is -0.191. The minimum absolute atomic E-state index is 0.191. The molecule has 0 heterocycles. The molecule has 0 bridgehead atoms. The van der Waals surface area contributed by atoms with Gasteiger partial charge in [0.15, 0.2) is 0 Å². The van der Waals surface area contributed by atoms with E-state index >= 15 is 0 Å². The molecule has 0 radical (unpaired) electrons. The first-order chi connectivity index (χ1) is 9.72. The fourth-order valence-corrected chi connectivity index (χ4v) is 4.11. The molecule has 2 atom stereocenters. The van der Waals surface area contributed by atoms with Crippen LogP contribution >= 0.6 is 0 Å². The summed E-state index contributed by atoms with van der Waals surface area (Å²) in [6, 6.07) is 18.9. The molecule has 4 heteroatoms. The number of ether oxygens (including phenoxy) is 1. The Morgan fingerprint density at radius 3 is 2.15 bits per heavy atom. The number of carbonyl (C=O) groups is 1. The van der Waals surface area contributed by atoms with E-state index in [2.05, 4.69) is 0 Å². The van der Waals surface area contributed by atoms with Crippen molar-refractivity contribution < 1.29 is 14.6 Å². The zero-order valence-electron chi connectivity index (χ0n) is 11.1. The van der Waals surface area contributed by atoms with Gasteiger partial charge >= 0.3 is 124 Å². The van der Waals surface area contributed by atoms with Crippen molar-refractivity contribution >= 4 is 25.4 Å². The summed E-state index contributed by atoms with van der Waals surface area (Å²) in [5, 5.41) is 10.5. The van der Waals surface area contributed by atoms with Crippen LogP contribution in [-0.4, -0.2) is 33.1 Å². The quantitative estimate of drug-likeness (QED) is 0.668. The average molecular weight is 335 g/mol. The monoisotopic (exact) mass is 336 g/mol. The first kappa shape index (κ1) is 14.8. The Morgan fingerprint density at radius 2 is 1.60 bits per heavy atom. The van der Waals surface area contributed by atoms with Gasteiger partial charge < -0.3 is 0 Å². The van der Waals surface area contributed by atoms with E-state index in [0.717, 1.165) is 10.0 Å². The number of benzene rings is 2. The predicted molar refractivity (Wildman–Crippen MR) is 79.0 cm³/mol. The first-order valence-electron chi connectivity index (χ1n) is 6.25. The van der Waals surface area contributed by atoms with Crippen LogP contribution in [-0.2, 0) is 9.53 Å². The van der Waals surface area contributed by atoms with Crippen molar-refractivity contribution in [1.82, 2.24) is 0 Å². The molecule has 0 aliphatic heterocycles. The number of aliphatic hydroxyl groups excluding tert-OH is 1. The van der Waals surface area contributed by atoms with Crippen LogP contribution in [0.4, 0.5) is 0 Å². The third-order valence-corrected chi connectivity index (χ3v) is 5.49. The molecule has 0 fully saturated rings. The Labute approximate surface area is 124 Å². The molecular formula is C16H16O3Se. The number of rotatable bonds is 5. The van der Waals surface area contributed by atoms with Gasteiger partial charge in [0.1, 0.15) is 0 Å². The SMILES string of the molecule is COC(=O)C([Se]c1ccccc1)C(O)c1ccccc1. The summed E-state index contributed by atoms with van der Waals surface area (Å²) in [7, 11) is 1.36. The van der Waals surface area contributed by atoms with Gasteiger partial charge in [-0.2, -0.15) is 0 Å². The van der Waals surface area contributed by atoms with E-state index in [1.807, 2.05) is 60.7 Å². The van der Waals surface area contributed by atoms with E-state index < -0.39 is 10.9 Å². The van der Waals surface area contributed by atoms with Crippen molar-refractivity contribution in [2.45, 2.75) is 10.9 Å². The molecule has 2 unspecified atom stereocenters. The van der Waals surface area contributed by atoms with Gasteiger partial charge in [0.25, 0.3) is 0 Å². The van der Waals surface area contributed by atoms with Crippen LogP contribution in [0.2, 0.25) is 4.82 Å². The average Bonchev–Trinajstić information content (AvgIpc) is 2.53. The Balaban J connectivity index is 2.22. The molecule has 1 N–H and O–H groups in total. The summed E-state index contributed by atoms with van der Waals surface area (Å²) in [5.41, 5.74) is 0.737. The summed E-state index contributed by atoms with van der Waals surface area (Å²) in [6.07, 6.45) is -0.844. The molecule has 2 rings (SSSR count). The van der Waals surface area contributed by atoms with Crippen LogP contribution in [0, 0.1) is 0 Å². The van der Waals surface area contributed by atoms with Crippen LogP contribution in [0.3, 0.4) is 0 Å². The molecule has 3 nitrogen and oxygen atoms in total. The summed E-state index contributed by atoms with van der Waals surface area (Å²) in [4.78, 5) is 11.4. The third kappa shape index (κ3) is 3.70. The Hall–Kier alpha value is -1.61. The van der Waals surface area contributed by atoms with Crippen LogP contribution < -0.4 is 4.46 Å². The first-order valence-corrected chi connectivity index (χ1v) is 8.09. The molecule has 2 aromatic carbocycles. The third-order valence-electron chi connectivity index (χ3n) is 2.87. The maximum atomic E-state index is 12.0. The van der Waals surface area contributed by atoms with Gasteiger partial charge in [0.05, 0.1) is 0 Å². The molecule has 0 aliphatic carbocycles. The standard InChI is InChI=1S/C16H16O3Se/c1-19-16(18)15(20-13-10-6-3-7-11-13)14(17)12-8-4-2-5-9-12/h2-11,14-15,17H,1H3. The van der Waals surface area contributed by atoms with E-state index in [0.29, 0.717) is 0 Å². The van der Waals surface area contributed by atoms with Crippen LogP contribution in [0.5, 0.6) is 0 Å². The molecule has 20 heavy (non-hydrogen) atoms. The van der Waals surface area contributed by atoms with Crippen molar-refractivity contribution in [2.24, 2.45) is 0 Å². The van der Waals surface area contributed by atoms with E-state index in [1.54, 1.807) is 0 Å². The summed E-state index contributed by atoms with van der Waals surface area (Å²) in [6.45, 7) is 0. The van der Waals surface area contributed by atoms with E-state index in [1.165, 1.54) is 7.11 Å². The molecule has 0 saturated carbocycles. The van der Waals surface area contributed by atoms with Crippen LogP contribution in [0.1, 0.15) is 11.7 Å². The van der Waals surface area contributed by atoms with Gasteiger partial charge in [0, 0.05) is 0 Å². The number of aliphatic hydroxyl groups is 1. The maximum absolute atomic E-state index is 12.0. The molecule has 2 aromatic rings. The molecule has 0 amide bonds. The van der Waals surface area contributed by atoms with E-state index in [9.17, 15) is 9.90 Å². The topological polar surface area (TPSA) is 46.5 Å². The Morgan fingerprint density at radius 1 is 1.05 bits per heavy atom. The van der Waals surface area contributed by atoms with E-state index in [-0.39, 0.29) is 20.9 Å². The van der Waals surface area contributed by atoms with Gasteiger partial charge in [-0.25, -0.2) is 0 Å². The Bertz CT molecular complexity index is 542. The van der Waals surface area contributed by atoms with Crippen molar-refractivity contribution in [1.29, 1.82) is 0 Å². The molecule has 0 aliphatic rings. The number of carbonyl (C=O) groups excluding carboxylic acids is 1. The van der Waals surface area contributed by atoms with Gasteiger partial charge in [0.2, 0.25) is 0 Å². The molecule has 0 spiro atoms. The Kier molecular flexibility index (Phi) is 5.36. The van der Waals surface area contributed by atoms with Gasteiger partial charge in [-0.15, -0.1) is 0 Å². The van der Waals surface area contributed by atoms with Crippen molar-refractivity contribution in [3.8, 4) is 0 Å².